The average Bonchev–Trinajstić information content (AvgIpc) is 2.50. The van der Waals surface area contributed by atoms with E-state index in [1.54, 1.807) is 0 Å². The van der Waals surface area contributed by atoms with Crippen LogP contribution in [0.1, 0.15) is 19.4 Å². The van der Waals surface area contributed by atoms with Crippen molar-refractivity contribution in [3.8, 4) is 11.5 Å². The van der Waals surface area contributed by atoms with Crippen molar-refractivity contribution in [2.45, 2.75) is 26.5 Å². The highest BCUT2D eigenvalue weighted by atomic mass is 16.6. The first-order chi connectivity index (χ1) is 10.9. The third-order valence-electron chi connectivity index (χ3n) is 3.02. The minimum Gasteiger partial charge on any atom is -0.495 e. The quantitative estimate of drug-likeness (QED) is 0.597. The van der Waals surface area contributed by atoms with Crippen LogP contribution in [0.15, 0.2) is 35.3 Å². The molecule has 0 saturated carbocycles. The van der Waals surface area contributed by atoms with Gasteiger partial charge in [-0.15, -0.1) is 0 Å². The van der Waals surface area contributed by atoms with Crippen LogP contribution in [0.3, 0.4) is 0 Å². The summed E-state index contributed by atoms with van der Waals surface area (Å²) < 4.78 is 11.8. The number of nitro benzene ring substituents is 1. The lowest BCUT2D eigenvalue weighted by Crippen LogP contribution is -2.23. The fourth-order valence-corrected chi connectivity index (χ4v) is 1.98. The number of nitrogens with zero attached hydrogens (tertiary/aromatic N) is 3. The third kappa shape index (κ3) is 4.06. The highest BCUT2D eigenvalue weighted by Gasteiger charge is 2.14. The summed E-state index contributed by atoms with van der Waals surface area (Å²) in [5.74, 6) is 0.832. The number of aromatic nitrogens is 2. The molecule has 8 nitrogen and oxygen atoms in total. The molecule has 1 aromatic carbocycles. The summed E-state index contributed by atoms with van der Waals surface area (Å²) in [5, 5.41) is 14.9. The van der Waals surface area contributed by atoms with Gasteiger partial charge in [0.1, 0.15) is 11.5 Å². The van der Waals surface area contributed by atoms with Gasteiger partial charge in [0.15, 0.2) is 0 Å². The Balaban J connectivity index is 2.41. The second-order valence-electron chi connectivity index (χ2n) is 5.11. The number of rotatable bonds is 6. The Morgan fingerprint density at radius 1 is 1.35 bits per heavy atom. The summed E-state index contributed by atoms with van der Waals surface area (Å²) in [6, 6.07) is 5.58. The van der Waals surface area contributed by atoms with Crippen LogP contribution >= 0.6 is 0 Å². The number of ether oxygens (including phenoxy) is 2. The van der Waals surface area contributed by atoms with Crippen LogP contribution in [0.5, 0.6) is 11.5 Å². The molecule has 0 aliphatic heterocycles. The molecule has 0 atom stereocenters. The lowest BCUT2D eigenvalue weighted by molar-refractivity contribution is -0.384. The van der Waals surface area contributed by atoms with Crippen LogP contribution < -0.4 is 15.0 Å². The highest BCUT2D eigenvalue weighted by molar-refractivity contribution is 5.44. The highest BCUT2D eigenvalue weighted by Crippen LogP contribution is 2.25. The van der Waals surface area contributed by atoms with Gasteiger partial charge in [0, 0.05) is 23.8 Å². The van der Waals surface area contributed by atoms with Crippen LogP contribution in [-0.2, 0) is 6.54 Å². The van der Waals surface area contributed by atoms with Crippen LogP contribution in [0.2, 0.25) is 0 Å². The summed E-state index contributed by atoms with van der Waals surface area (Å²) >= 11 is 0. The molecule has 0 amide bonds. The van der Waals surface area contributed by atoms with E-state index >= 15 is 0 Å². The van der Waals surface area contributed by atoms with E-state index in [1.165, 1.54) is 42.3 Å². The Bertz CT molecular complexity index is 770. The zero-order chi connectivity index (χ0) is 17.0. The lowest BCUT2D eigenvalue weighted by Gasteiger charge is -2.14. The van der Waals surface area contributed by atoms with E-state index in [-0.39, 0.29) is 23.9 Å². The predicted molar refractivity (Wildman–Crippen MR) is 83.0 cm³/mol. The van der Waals surface area contributed by atoms with Crippen molar-refractivity contribution >= 4 is 5.69 Å². The molecular formula is C15H17N3O5. The first-order valence-corrected chi connectivity index (χ1v) is 6.96. The predicted octanol–water partition coefficient (Wildman–Crippen LogP) is 2.00. The molecule has 2 aromatic rings. The van der Waals surface area contributed by atoms with Gasteiger partial charge in [-0.2, -0.15) is 5.10 Å². The molecule has 8 heteroatoms. The van der Waals surface area contributed by atoms with Crippen molar-refractivity contribution in [3.63, 3.8) is 0 Å². The maximum Gasteiger partial charge on any atom is 0.270 e. The Labute approximate surface area is 132 Å². The van der Waals surface area contributed by atoms with Crippen LogP contribution in [-0.4, -0.2) is 27.9 Å². The standard InChI is InChI=1S/C15H17N3O5/c1-10(2)23-14-5-4-12(18(20)21)6-11(14)9-17-15(19)7-13(22-3)8-16-17/h4-8,10H,9H2,1-3H3. The first-order valence-electron chi connectivity index (χ1n) is 6.96. The second-order valence-corrected chi connectivity index (χ2v) is 5.11. The molecule has 0 fully saturated rings. The van der Waals surface area contributed by atoms with Gasteiger partial charge in [0.25, 0.3) is 11.2 Å². The Kier molecular flexibility index (Phi) is 4.95. The van der Waals surface area contributed by atoms with Gasteiger partial charge >= 0.3 is 0 Å². The lowest BCUT2D eigenvalue weighted by atomic mass is 10.1. The van der Waals surface area contributed by atoms with Crippen molar-refractivity contribution < 1.29 is 14.4 Å². The number of benzene rings is 1. The van der Waals surface area contributed by atoms with Gasteiger partial charge in [0.05, 0.1) is 30.9 Å². The van der Waals surface area contributed by atoms with E-state index in [0.717, 1.165) is 0 Å². The zero-order valence-corrected chi connectivity index (χ0v) is 13.1. The molecule has 1 heterocycles. The van der Waals surface area contributed by atoms with Crippen LogP contribution in [0.25, 0.3) is 0 Å². The van der Waals surface area contributed by atoms with Crippen molar-refractivity contribution in [3.05, 3.63) is 56.5 Å². The SMILES string of the molecule is COc1cnn(Cc2cc([N+](=O)[O-])ccc2OC(C)C)c(=O)c1. The number of hydrogen-bond acceptors (Lipinski definition) is 6. The number of hydrogen-bond donors (Lipinski definition) is 0. The van der Waals surface area contributed by atoms with Crippen LogP contribution in [0.4, 0.5) is 5.69 Å². The van der Waals surface area contributed by atoms with Crippen molar-refractivity contribution in [1.29, 1.82) is 0 Å². The zero-order valence-electron chi connectivity index (χ0n) is 13.1. The maximum absolute atomic E-state index is 12.0. The fourth-order valence-electron chi connectivity index (χ4n) is 1.98. The van der Waals surface area contributed by atoms with Crippen molar-refractivity contribution in [2.75, 3.05) is 7.11 Å². The molecule has 0 radical (unpaired) electrons. The first kappa shape index (κ1) is 16.5. The largest absolute Gasteiger partial charge is 0.495 e. The summed E-state index contributed by atoms with van der Waals surface area (Å²) in [7, 11) is 1.44. The monoisotopic (exact) mass is 319 g/mol. The molecule has 2 rings (SSSR count). The van der Waals surface area contributed by atoms with E-state index in [0.29, 0.717) is 17.1 Å². The fraction of sp³-hybridized carbons (Fsp3) is 0.333. The molecule has 0 N–H and O–H groups in total. The van der Waals surface area contributed by atoms with Gasteiger partial charge in [-0.05, 0) is 19.9 Å². The van der Waals surface area contributed by atoms with Crippen molar-refractivity contribution in [1.82, 2.24) is 9.78 Å². The Morgan fingerprint density at radius 2 is 2.09 bits per heavy atom. The summed E-state index contributed by atoms with van der Waals surface area (Å²) in [6.45, 7) is 3.76. The topological polar surface area (TPSA) is 96.5 Å². The number of non-ortho nitro benzene ring substituents is 1. The maximum atomic E-state index is 12.0. The minimum absolute atomic E-state index is 0.0621. The Hall–Kier alpha value is -2.90. The number of methoxy groups -OCH3 is 1. The van der Waals surface area contributed by atoms with Gasteiger partial charge in [0.2, 0.25) is 0 Å². The Morgan fingerprint density at radius 3 is 2.65 bits per heavy atom. The third-order valence-corrected chi connectivity index (χ3v) is 3.02. The summed E-state index contributed by atoms with van der Waals surface area (Å²) in [4.78, 5) is 22.5. The van der Waals surface area contributed by atoms with Gasteiger partial charge < -0.3 is 9.47 Å². The normalized spacial score (nSPS) is 10.6. The minimum atomic E-state index is -0.493. The number of nitro groups is 1. The second kappa shape index (κ2) is 6.91. The molecule has 0 aliphatic rings. The molecule has 122 valence electrons. The molecule has 0 unspecified atom stereocenters. The van der Waals surface area contributed by atoms with Gasteiger partial charge in [-0.1, -0.05) is 0 Å². The smallest absolute Gasteiger partial charge is 0.270 e. The molecule has 0 bridgehead atoms. The molecule has 1 aromatic heterocycles. The average molecular weight is 319 g/mol. The van der Waals surface area contributed by atoms with Gasteiger partial charge in [-0.3, -0.25) is 14.9 Å². The van der Waals surface area contributed by atoms with E-state index in [1.807, 2.05) is 13.8 Å². The molecule has 0 saturated heterocycles. The molecule has 0 spiro atoms. The molecule has 23 heavy (non-hydrogen) atoms. The molecular weight excluding hydrogens is 302 g/mol. The van der Waals surface area contributed by atoms with Gasteiger partial charge in [-0.25, -0.2) is 4.68 Å². The summed E-state index contributed by atoms with van der Waals surface area (Å²) in [5.41, 5.74) is 0.0664. The van der Waals surface area contributed by atoms with Crippen molar-refractivity contribution in [2.24, 2.45) is 0 Å². The van der Waals surface area contributed by atoms with E-state index in [9.17, 15) is 14.9 Å². The van der Waals surface area contributed by atoms with E-state index in [4.69, 9.17) is 9.47 Å². The van der Waals surface area contributed by atoms with Crippen LogP contribution in [0, 0.1) is 10.1 Å². The molecule has 0 aliphatic carbocycles. The van der Waals surface area contributed by atoms with E-state index < -0.39 is 4.92 Å². The summed E-state index contributed by atoms with van der Waals surface area (Å²) in [6.07, 6.45) is 1.30. The van der Waals surface area contributed by atoms with E-state index in [2.05, 4.69) is 5.10 Å².